The molecule has 0 unspecified atom stereocenters. The van der Waals surface area contributed by atoms with Gasteiger partial charge in [0.1, 0.15) is 23.1 Å². The van der Waals surface area contributed by atoms with Gasteiger partial charge in [0.15, 0.2) is 5.76 Å². The molecule has 2 aromatic heterocycles. The summed E-state index contributed by atoms with van der Waals surface area (Å²) in [5.74, 6) is 1.10. The van der Waals surface area contributed by atoms with Crippen LogP contribution in [0.2, 0.25) is 0 Å². The number of benzene rings is 1. The smallest absolute Gasteiger partial charge is 0.242 e. The van der Waals surface area contributed by atoms with Crippen LogP contribution < -0.4 is 10.5 Å². The molecule has 0 atom stereocenters. The third-order valence-corrected chi connectivity index (χ3v) is 2.99. The molecule has 0 spiro atoms. The average molecular weight is 292 g/mol. The van der Waals surface area contributed by atoms with Crippen molar-refractivity contribution in [3.05, 3.63) is 53.8 Å². The van der Waals surface area contributed by atoms with Crippen molar-refractivity contribution in [1.29, 1.82) is 5.26 Å². The fourth-order valence-electron chi connectivity index (χ4n) is 1.94. The summed E-state index contributed by atoms with van der Waals surface area (Å²) in [4.78, 5) is 8.09. The summed E-state index contributed by atoms with van der Waals surface area (Å²) in [6.45, 7) is 1.97. The third-order valence-electron chi connectivity index (χ3n) is 2.99. The highest BCUT2D eigenvalue weighted by Gasteiger charge is 2.18. The van der Waals surface area contributed by atoms with E-state index in [1.165, 1.54) is 6.26 Å². The number of aryl methyl sites for hydroxylation is 1. The maximum Gasteiger partial charge on any atom is 0.242 e. The van der Waals surface area contributed by atoms with Crippen LogP contribution in [0.25, 0.3) is 11.5 Å². The Morgan fingerprint density at radius 3 is 2.59 bits per heavy atom. The molecule has 3 aromatic rings. The molecule has 3 rings (SSSR count). The van der Waals surface area contributed by atoms with Crippen LogP contribution in [0.5, 0.6) is 11.6 Å². The zero-order chi connectivity index (χ0) is 15.5. The lowest BCUT2D eigenvalue weighted by Crippen LogP contribution is -2.02. The molecule has 0 aliphatic rings. The summed E-state index contributed by atoms with van der Waals surface area (Å²) in [7, 11) is 0. The third kappa shape index (κ3) is 2.60. The largest absolute Gasteiger partial charge is 0.463 e. The Bertz CT molecular complexity index is 834. The van der Waals surface area contributed by atoms with Gasteiger partial charge in [-0.25, -0.2) is 4.98 Å². The molecule has 6 nitrogen and oxygen atoms in total. The Morgan fingerprint density at radius 2 is 1.95 bits per heavy atom. The van der Waals surface area contributed by atoms with Crippen molar-refractivity contribution in [2.75, 3.05) is 5.73 Å². The van der Waals surface area contributed by atoms with Gasteiger partial charge in [0, 0.05) is 0 Å². The first kappa shape index (κ1) is 13.6. The van der Waals surface area contributed by atoms with Crippen molar-refractivity contribution in [2.24, 2.45) is 0 Å². The lowest BCUT2D eigenvalue weighted by atomic mass is 10.2. The molecule has 0 saturated heterocycles. The highest BCUT2D eigenvalue weighted by atomic mass is 16.5. The molecule has 2 N–H and O–H groups in total. The van der Waals surface area contributed by atoms with Gasteiger partial charge >= 0.3 is 0 Å². The Balaban J connectivity index is 2.07. The number of anilines is 1. The van der Waals surface area contributed by atoms with Gasteiger partial charge < -0.3 is 14.9 Å². The second kappa shape index (κ2) is 5.58. The van der Waals surface area contributed by atoms with Gasteiger partial charge in [-0.15, -0.1) is 0 Å². The van der Waals surface area contributed by atoms with Crippen LogP contribution in [-0.2, 0) is 0 Å². The summed E-state index contributed by atoms with van der Waals surface area (Å²) in [5.41, 5.74) is 7.30. The van der Waals surface area contributed by atoms with Gasteiger partial charge in [-0.3, -0.25) is 0 Å². The number of ether oxygens (including phenoxy) is 1. The van der Waals surface area contributed by atoms with E-state index in [4.69, 9.17) is 14.9 Å². The highest BCUT2D eigenvalue weighted by Crippen LogP contribution is 2.31. The first-order valence-electron chi connectivity index (χ1n) is 6.53. The minimum absolute atomic E-state index is 0.00696. The fraction of sp³-hybridized carbons (Fsp3) is 0.0625. The molecule has 1 aromatic carbocycles. The molecular formula is C16H12N4O2. The molecule has 0 fully saturated rings. The van der Waals surface area contributed by atoms with Crippen molar-refractivity contribution in [2.45, 2.75) is 6.92 Å². The number of furan rings is 1. The summed E-state index contributed by atoms with van der Waals surface area (Å²) < 4.78 is 11.0. The average Bonchev–Trinajstić information content (AvgIpc) is 3.03. The van der Waals surface area contributed by atoms with E-state index in [1.807, 2.05) is 25.1 Å². The van der Waals surface area contributed by atoms with Crippen molar-refractivity contribution in [3.8, 4) is 29.2 Å². The standard InChI is InChI=1S/C16H12N4O2/c1-10-4-6-11(7-5-10)22-15-12(9-17)14(19-16(18)20-15)13-3-2-8-21-13/h2-8H,1H3,(H2,18,19,20). The van der Waals surface area contributed by atoms with Gasteiger partial charge in [-0.05, 0) is 31.2 Å². The molecule has 0 amide bonds. The van der Waals surface area contributed by atoms with Crippen molar-refractivity contribution >= 4 is 5.95 Å². The number of hydrogen-bond donors (Lipinski definition) is 1. The predicted molar refractivity (Wildman–Crippen MR) is 80.1 cm³/mol. The Labute approximate surface area is 126 Å². The van der Waals surface area contributed by atoms with Crippen molar-refractivity contribution in [3.63, 3.8) is 0 Å². The van der Waals surface area contributed by atoms with E-state index in [-0.39, 0.29) is 17.4 Å². The topological polar surface area (TPSA) is 98.0 Å². The molecule has 0 saturated carbocycles. The number of nitriles is 1. The second-order valence-electron chi connectivity index (χ2n) is 4.61. The van der Waals surface area contributed by atoms with E-state index in [0.29, 0.717) is 17.2 Å². The molecule has 6 heteroatoms. The zero-order valence-corrected chi connectivity index (χ0v) is 11.8. The van der Waals surface area contributed by atoms with E-state index in [2.05, 4.69) is 9.97 Å². The van der Waals surface area contributed by atoms with Gasteiger partial charge in [0.2, 0.25) is 11.8 Å². The van der Waals surface area contributed by atoms with Crippen LogP contribution in [0.4, 0.5) is 5.95 Å². The fourth-order valence-corrected chi connectivity index (χ4v) is 1.94. The van der Waals surface area contributed by atoms with E-state index in [9.17, 15) is 5.26 Å². The molecule has 0 radical (unpaired) electrons. The number of rotatable bonds is 3. The maximum atomic E-state index is 9.42. The second-order valence-corrected chi connectivity index (χ2v) is 4.61. The monoisotopic (exact) mass is 292 g/mol. The normalized spacial score (nSPS) is 10.2. The van der Waals surface area contributed by atoms with E-state index in [1.54, 1.807) is 24.3 Å². The number of nitrogen functional groups attached to an aromatic ring is 1. The van der Waals surface area contributed by atoms with E-state index >= 15 is 0 Å². The van der Waals surface area contributed by atoms with Gasteiger partial charge in [-0.1, -0.05) is 17.7 Å². The minimum Gasteiger partial charge on any atom is -0.463 e. The number of hydrogen-bond acceptors (Lipinski definition) is 6. The molecular weight excluding hydrogens is 280 g/mol. The zero-order valence-electron chi connectivity index (χ0n) is 11.8. The molecule has 0 bridgehead atoms. The lowest BCUT2D eigenvalue weighted by Gasteiger charge is -2.09. The van der Waals surface area contributed by atoms with Gasteiger partial charge in [0.25, 0.3) is 0 Å². The molecule has 0 aliphatic heterocycles. The Morgan fingerprint density at radius 1 is 1.18 bits per heavy atom. The molecule has 108 valence electrons. The highest BCUT2D eigenvalue weighted by molar-refractivity contribution is 5.66. The van der Waals surface area contributed by atoms with E-state index in [0.717, 1.165) is 5.56 Å². The lowest BCUT2D eigenvalue weighted by molar-refractivity contribution is 0.460. The van der Waals surface area contributed by atoms with Crippen LogP contribution in [-0.4, -0.2) is 9.97 Å². The first-order chi connectivity index (χ1) is 10.7. The van der Waals surface area contributed by atoms with Crippen LogP contribution >= 0.6 is 0 Å². The van der Waals surface area contributed by atoms with Crippen LogP contribution in [0.15, 0.2) is 47.1 Å². The van der Waals surface area contributed by atoms with Crippen LogP contribution in [0.3, 0.4) is 0 Å². The minimum atomic E-state index is 0.00696. The SMILES string of the molecule is Cc1ccc(Oc2nc(N)nc(-c3ccco3)c2C#N)cc1. The quantitative estimate of drug-likeness (QED) is 0.795. The van der Waals surface area contributed by atoms with Gasteiger partial charge in [-0.2, -0.15) is 10.2 Å². The van der Waals surface area contributed by atoms with Crippen LogP contribution in [0.1, 0.15) is 11.1 Å². The van der Waals surface area contributed by atoms with Crippen LogP contribution in [0, 0.1) is 18.3 Å². The van der Waals surface area contributed by atoms with Crippen molar-refractivity contribution < 1.29 is 9.15 Å². The number of nitrogens with zero attached hydrogens (tertiary/aromatic N) is 3. The Kier molecular flexibility index (Phi) is 3.46. The predicted octanol–water partition coefficient (Wildman–Crippen LogP) is 3.29. The Hall–Kier alpha value is -3.33. The number of aromatic nitrogens is 2. The summed E-state index contributed by atoms with van der Waals surface area (Å²) in [6.07, 6.45) is 1.50. The number of nitrogens with two attached hydrogens (primary N) is 1. The molecule has 0 aliphatic carbocycles. The molecule has 2 heterocycles. The van der Waals surface area contributed by atoms with E-state index < -0.39 is 0 Å². The van der Waals surface area contributed by atoms with Gasteiger partial charge in [0.05, 0.1) is 6.26 Å². The summed E-state index contributed by atoms with van der Waals surface area (Å²) in [5, 5.41) is 9.42. The first-order valence-corrected chi connectivity index (χ1v) is 6.53. The van der Waals surface area contributed by atoms with Crippen molar-refractivity contribution in [1.82, 2.24) is 9.97 Å². The summed E-state index contributed by atoms with van der Waals surface area (Å²) in [6, 6.07) is 12.8. The molecule has 22 heavy (non-hydrogen) atoms. The maximum absolute atomic E-state index is 9.42. The summed E-state index contributed by atoms with van der Waals surface area (Å²) >= 11 is 0.